The Balaban J connectivity index is 1.99. The molecule has 0 spiro atoms. The van der Waals surface area contributed by atoms with Crippen LogP contribution in [0.25, 0.3) is 10.9 Å². The summed E-state index contributed by atoms with van der Waals surface area (Å²) >= 11 is 1.28. The van der Waals surface area contributed by atoms with Crippen LogP contribution in [-0.2, 0) is 6.54 Å². The van der Waals surface area contributed by atoms with E-state index in [4.69, 9.17) is 4.98 Å². The van der Waals surface area contributed by atoms with Crippen LogP contribution in [0, 0.1) is 13.8 Å². The topological polar surface area (TPSA) is 88.1 Å². The minimum absolute atomic E-state index is 0.0690. The molecule has 0 aliphatic carbocycles. The van der Waals surface area contributed by atoms with Crippen LogP contribution in [0.15, 0.2) is 34.2 Å². The maximum Gasteiger partial charge on any atom is 0.262 e. The van der Waals surface area contributed by atoms with Gasteiger partial charge in [0, 0.05) is 36.4 Å². The van der Waals surface area contributed by atoms with Gasteiger partial charge in [0.25, 0.3) is 5.56 Å². The number of para-hydroxylation sites is 1. The van der Waals surface area contributed by atoms with Crippen molar-refractivity contribution in [2.24, 2.45) is 0 Å². The maximum absolute atomic E-state index is 13.5. The molecule has 7 nitrogen and oxygen atoms in total. The summed E-state index contributed by atoms with van der Waals surface area (Å²) in [5.74, 6) is -0.191. The fourth-order valence-electron chi connectivity index (χ4n) is 4.70. The van der Waals surface area contributed by atoms with Gasteiger partial charge in [-0.2, -0.15) is 0 Å². The predicted octanol–water partition coefficient (Wildman–Crippen LogP) is 5.03. The van der Waals surface area contributed by atoms with Gasteiger partial charge >= 0.3 is 0 Å². The number of Topliss-reactive ketones (excluding diaryl/α,β-unsaturated/α-hetero) is 2. The Morgan fingerprint density at radius 1 is 1.09 bits per heavy atom. The van der Waals surface area contributed by atoms with Crippen molar-refractivity contribution in [3.63, 3.8) is 0 Å². The normalized spacial score (nSPS) is 12.8. The Kier molecular flexibility index (Phi) is 8.38. The molecule has 0 aliphatic heterocycles. The van der Waals surface area contributed by atoms with Gasteiger partial charge in [-0.25, -0.2) is 4.98 Å². The number of nitrogens with one attached hydrogen (secondary N) is 1. The summed E-state index contributed by atoms with van der Waals surface area (Å²) in [6.07, 6.45) is 0. The molecule has 0 radical (unpaired) electrons. The number of nitrogens with zero attached hydrogens (tertiary/aromatic N) is 3. The molecule has 1 atom stereocenters. The number of aromatic amines is 1. The molecule has 2 aromatic heterocycles. The van der Waals surface area contributed by atoms with Gasteiger partial charge in [-0.3, -0.25) is 23.9 Å². The van der Waals surface area contributed by atoms with Gasteiger partial charge in [0.2, 0.25) is 0 Å². The zero-order valence-corrected chi connectivity index (χ0v) is 22.7. The lowest BCUT2D eigenvalue weighted by atomic mass is 10.0. The molecule has 1 unspecified atom stereocenters. The number of aryl methyl sites for hydroxylation is 1. The monoisotopic (exact) mass is 496 g/mol. The third kappa shape index (κ3) is 5.59. The molecule has 0 amide bonds. The van der Waals surface area contributed by atoms with E-state index in [9.17, 15) is 14.4 Å². The number of ketones is 2. The highest BCUT2D eigenvalue weighted by Crippen LogP contribution is 2.28. The van der Waals surface area contributed by atoms with Crippen molar-refractivity contribution in [3.05, 3.63) is 57.1 Å². The zero-order valence-electron chi connectivity index (χ0n) is 21.9. The number of H-pyrrole nitrogens is 1. The number of carbonyl (C=O) groups is 2. The lowest BCUT2D eigenvalue weighted by Crippen LogP contribution is -2.40. The van der Waals surface area contributed by atoms with E-state index in [1.807, 2.05) is 25.1 Å². The Hall–Kier alpha value is -2.71. The first-order valence-electron chi connectivity index (χ1n) is 12.1. The average molecular weight is 497 g/mol. The number of hydrogen-bond acceptors (Lipinski definition) is 6. The van der Waals surface area contributed by atoms with E-state index in [-0.39, 0.29) is 17.1 Å². The summed E-state index contributed by atoms with van der Waals surface area (Å²) in [6.45, 7) is 16.7. The number of rotatable bonds is 10. The molecule has 0 saturated carbocycles. The molecule has 1 N–H and O–H groups in total. The zero-order chi connectivity index (χ0) is 26.0. The molecular formula is C27H36N4O3S. The minimum atomic E-state index is -0.503. The quantitative estimate of drug-likeness (QED) is 0.241. The maximum atomic E-state index is 13.5. The molecule has 0 bridgehead atoms. The van der Waals surface area contributed by atoms with Crippen LogP contribution in [0.4, 0.5) is 0 Å². The smallest absolute Gasteiger partial charge is 0.262 e. The highest BCUT2D eigenvalue weighted by Gasteiger charge is 2.26. The second-order valence-electron chi connectivity index (χ2n) is 9.60. The SMILES string of the molecule is CC(=O)c1c(C)[nH]c(C(=O)C(C)Sc2nc3ccccc3c(=O)n2CCN(C(C)C)C(C)C)c1C. The number of fused-ring (bicyclic) bond motifs is 1. The molecule has 0 fully saturated rings. The van der Waals surface area contributed by atoms with Crippen LogP contribution >= 0.6 is 11.8 Å². The van der Waals surface area contributed by atoms with Crippen molar-refractivity contribution < 1.29 is 9.59 Å². The highest BCUT2D eigenvalue weighted by atomic mass is 32.2. The van der Waals surface area contributed by atoms with Gasteiger partial charge in [0.05, 0.1) is 21.8 Å². The van der Waals surface area contributed by atoms with Crippen molar-refractivity contribution in [3.8, 4) is 0 Å². The molecule has 2 heterocycles. The molecular weight excluding hydrogens is 460 g/mol. The second kappa shape index (κ2) is 10.9. The van der Waals surface area contributed by atoms with Crippen LogP contribution in [0.5, 0.6) is 0 Å². The lowest BCUT2D eigenvalue weighted by molar-refractivity contribution is 0.0988. The molecule has 188 valence electrons. The Bertz CT molecular complexity index is 1300. The van der Waals surface area contributed by atoms with Crippen LogP contribution in [0.1, 0.15) is 73.6 Å². The summed E-state index contributed by atoms with van der Waals surface area (Å²) in [7, 11) is 0. The first-order chi connectivity index (χ1) is 16.4. The van der Waals surface area contributed by atoms with Crippen LogP contribution in [0.2, 0.25) is 0 Å². The minimum Gasteiger partial charge on any atom is -0.355 e. The Morgan fingerprint density at radius 3 is 2.29 bits per heavy atom. The third-order valence-corrected chi connectivity index (χ3v) is 7.51. The van der Waals surface area contributed by atoms with E-state index in [0.717, 1.165) is 0 Å². The second-order valence-corrected chi connectivity index (χ2v) is 10.9. The van der Waals surface area contributed by atoms with Gasteiger partial charge in [-0.05, 0) is 73.1 Å². The summed E-state index contributed by atoms with van der Waals surface area (Å²) in [5.41, 5.74) is 2.88. The average Bonchev–Trinajstić information content (AvgIpc) is 3.08. The number of hydrogen-bond donors (Lipinski definition) is 1. The predicted molar refractivity (Wildman–Crippen MR) is 143 cm³/mol. The van der Waals surface area contributed by atoms with Gasteiger partial charge in [-0.1, -0.05) is 23.9 Å². The fourth-order valence-corrected chi connectivity index (χ4v) is 5.70. The van der Waals surface area contributed by atoms with Crippen LogP contribution < -0.4 is 5.56 Å². The highest BCUT2D eigenvalue weighted by molar-refractivity contribution is 8.00. The van der Waals surface area contributed by atoms with Crippen molar-refractivity contribution in [1.82, 2.24) is 19.4 Å². The summed E-state index contributed by atoms with van der Waals surface area (Å²) < 4.78 is 1.70. The van der Waals surface area contributed by atoms with Gasteiger partial charge < -0.3 is 4.98 Å². The molecule has 3 aromatic rings. The number of carbonyl (C=O) groups excluding carboxylic acids is 2. The molecule has 0 aliphatic rings. The van der Waals surface area contributed by atoms with E-state index in [1.165, 1.54) is 18.7 Å². The third-order valence-electron chi connectivity index (χ3n) is 6.42. The van der Waals surface area contributed by atoms with Crippen LogP contribution in [0.3, 0.4) is 0 Å². The van der Waals surface area contributed by atoms with E-state index < -0.39 is 5.25 Å². The summed E-state index contributed by atoms with van der Waals surface area (Å²) in [5, 5.41) is 0.588. The van der Waals surface area contributed by atoms with Crippen molar-refractivity contribution in [2.75, 3.05) is 6.54 Å². The van der Waals surface area contributed by atoms with Gasteiger partial charge in [0.15, 0.2) is 16.7 Å². The van der Waals surface area contributed by atoms with E-state index in [0.29, 0.717) is 63.7 Å². The summed E-state index contributed by atoms with van der Waals surface area (Å²) in [6, 6.07) is 7.99. The molecule has 35 heavy (non-hydrogen) atoms. The van der Waals surface area contributed by atoms with Crippen LogP contribution in [-0.4, -0.2) is 54.9 Å². The van der Waals surface area contributed by atoms with Gasteiger partial charge in [0.1, 0.15) is 0 Å². The first kappa shape index (κ1) is 26.9. The lowest BCUT2D eigenvalue weighted by Gasteiger charge is -2.31. The van der Waals surface area contributed by atoms with Crippen molar-refractivity contribution in [2.45, 2.75) is 84.4 Å². The molecule has 8 heteroatoms. The Morgan fingerprint density at radius 2 is 1.71 bits per heavy atom. The van der Waals surface area contributed by atoms with Crippen molar-refractivity contribution in [1.29, 1.82) is 0 Å². The number of thioether (sulfide) groups is 1. The Labute approximate surface area is 211 Å². The molecule has 3 rings (SSSR count). The summed E-state index contributed by atoms with van der Waals surface area (Å²) in [4.78, 5) is 49.1. The van der Waals surface area contributed by atoms with E-state index >= 15 is 0 Å². The van der Waals surface area contributed by atoms with Gasteiger partial charge in [-0.15, -0.1) is 0 Å². The van der Waals surface area contributed by atoms with E-state index in [2.05, 4.69) is 37.6 Å². The first-order valence-corrected chi connectivity index (χ1v) is 13.0. The molecule has 1 aromatic carbocycles. The number of aromatic nitrogens is 3. The van der Waals surface area contributed by atoms with Crippen molar-refractivity contribution >= 4 is 34.2 Å². The largest absolute Gasteiger partial charge is 0.355 e. The standard InChI is InChI=1S/C27H36N4O3S/c1-15(2)30(16(3)4)13-14-31-26(34)21-11-9-10-12-22(21)29-27(31)35-20(8)25(33)24-17(5)23(19(7)32)18(6)28-24/h9-12,15-16,20,28H,13-14H2,1-8H3. The number of benzene rings is 1. The fraction of sp³-hybridized carbons (Fsp3) is 0.481. The van der Waals surface area contributed by atoms with E-state index in [1.54, 1.807) is 24.5 Å². The molecule has 0 saturated heterocycles.